The maximum atomic E-state index is 12.8. The molecule has 22 heavy (non-hydrogen) atoms. The van der Waals surface area contributed by atoms with Crippen LogP contribution in [0.15, 0.2) is 24.3 Å². The van der Waals surface area contributed by atoms with Gasteiger partial charge >= 0.3 is 0 Å². The fraction of sp³-hybridized carbons (Fsp3) is 0.529. The summed E-state index contributed by atoms with van der Waals surface area (Å²) in [5, 5.41) is 0. The number of hydrogen-bond acceptors (Lipinski definition) is 3. The second kappa shape index (κ2) is 6.08. The van der Waals surface area contributed by atoms with Crippen LogP contribution in [0.2, 0.25) is 0 Å². The minimum atomic E-state index is -0.293. The van der Waals surface area contributed by atoms with E-state index in [0.717, 1.165) is 5.56 Å². The Kier molecular flexibility index (Phi) is 4.16. The quantitative estimate of drug-likeness (QED) is 0.829. The second-order valence-corrected chi connectivity index (χ2v) is 6.11. The van der Waals surface area contributed by atoms with E-state index in [4.69, 9.17) is 4.74 Å². The Morgan fingerprint density at radius 1 is 1.18 bits per heavy atom. The molecule has 2 aliphatic heterocycles. The van der Waals surface area contributed by atoms with E-state index in [9.17, 15) is 9.59 Å². The second-order valence-electron chi connectivity index (χ2n) is 6.11. The van der Waals surface area contributed by atoms with E-state index in [-0.39, 0.29) is 23.8 Å². The maximum Gasteiger partial charge on any atom is 0.228 e. The highest BCUT2D eigenvalue weighted by Gasteiger charge is 2.44. The lowest BCUT2D eigenvalue weighted by atomic mass is 9.92. The van der Waals surface area contributed by atoms with Crippen LogP contribution in [-0.2, 0) is 14.3 Å². The largest absolute Gasteiger partial charge is 0.378 e. The minimum absolute atomic E-state index is 0.0391. The Morgan fingerprint density at radius 3 is 2.45 bits per heavy atom. The third kappa shape index (κ3) is 2.73. The molecule has 2 unspecified atom stereocenters. The lowest BCUT2D eigenvalue weighted by Gasteiger charge is -2.32. The van der Waals surface area contributed by atoms with Crippen LogP contribution in [0.3, 0.4) is 0 Å². The summed E-state index contributed by atoms with van der Waals surface area (Å²) in [6.45, 7) is 4.43. The lowest BCUT2D eigenvalue weighted by Crippen LogP contribution is -2.44. The molecule has 2 amide bonds. The molecule has 5 nitrogen and oxygen atoms in total. The molecule has 118 valence electrons. The Morgan fingerprint density at radius 2 is 1.82 bits per heavy atom. The van der Waals surface area contributed by atoms with E-state index in [1.807, 2.05) is 36.1 Å². The van der Waals surface area contributed by atoms with Crippen LogP contribution in [0.1, 0.15) is 23.6 Å². The van der Waals surface area contributed by atoms with Crippen molar-refractivity contribution in [1.82, 2.24) is 9.80 Å². The van der Waals surface area contributed by atoms with Gasteiger partial charge in [-0.05, 0) is 12.5 Å². The van der Waals surface area contributed by atoms with Crippen LogP contribution in [0.5, 0.6) is 0 Å². The number of ether oxygens (including phenoxy) is 1. The van der Waals surface area contributed by atoms with E-state index in [2.05, 4.69) is 0 Å². The normalized spacial score (nSPS) is 25.6. The van der Waals surface area contributed by atoms with Crippen molar-refractivity contribution in [3.05, 3.63) is 35.4 Å². The van der Waals surface area contributed by atoms with E-state index in [0.29, 0.717) is 32.7 Å². The number of benzene rings is 1. The van der Waals surface area contributed by atoms with Crippen LogP contribution in [0.4, 0.5) is 0 Å². The van der Waals surface area contributed by atoms with Gasteiger partial charge in [-0.25, -0.2) is 0 Å². The molecule has 0 N–H and O–H groups in total. The van der Waals surface area contributed by atoms with Crippen molar-refractivity contribution in [2.45, 2.75) is 19.4 Å². The highest BCUT2D eigenvalue weighted by molar-refractivity contribution is 5.90. The Balaban J connectivity index is 1.86. The molecule has 1 aromatic carbocycles. The predicted molar refractivity (Wildman–Crippen MR) is 82.2 cm³/mol. The van der Waals surface area contributed by atoms with Crippen molar-refractivity contribution in [3.8, 4) is 0 Å². The van der Waals surface area contributed by atoms with Crippen molar-refractivity contribution in [2.75, 3.05) is 33.4 Å². The van der Waals surface area contributed by atoms with E-state index >= 15 is 0 Å². The van der Waals surface area contributed by atoms with Crippen molar-refractivity contribution in [3.63, 3.8) is 0 Å². The van der Waals surface area contributed by atoms with Gasteiger partial charge in [-0.3, -0.25) is 9.59 Å². The summed E-state index contributed by atoms with van der Waals surface area (Å²) in [6.07, 6.45) is 0.297. The molecular formula is C17H22N2O3. The zero-order valence-corrected chi connectivity index (χ0v) is 13.1. The number of aryl methyl sites for hydroxylation is 1. The molecule has 2 aliphatic rings. The fourth-order valence-corrected chi connectivity index (χ4v) is 3.33. The molecule has 0 radical (unpaired) electrons. The van der Waals surface area contributed by atoms with Gasteiger partial charge in [-0.15, -0.1) is 0 Å². The van der Waals surface area contributed by atoms with Crippen LogP contribution in [-0.4, -0.2) is 55.0 Å². The first-order valence-electron chi connectivity index (χ1n) is 7.76. The monoisotopic (exact) mass is 302 g/mol. The molecular weight excluding hydrogens is 280 g/mol. The van der Waals surface area contributed by atoms with Gasteiger partial charge in [0.2, 0.25) is 11.8 Å². The molecule has 0 saturated carbocycles. The molecule has 0 aliphatic carbocycles. The number of nitrogens with zero attached hydrogens (tertiary/aromatic N) is 2. The summed E-state index contributed by atoms with van der Waals surface area (Å²) in [5.74, 6) is -0.179. The SMILES string of the molecule is Cc1ccc(C2C(C(=O)N3CCOCC3)CC(=O)N2C)cc1. The number of likely N-dealkylation sites (tertiary alicyclic amines) is 1. The highest BCUT2D eigenvalue weighted by Crippen LogP contribution is 2.38. The molecule has 2 heterocycles. The van der Waals surface area contributed by atoms with Crippen molar-refractivity contribution < 1.29 is 14.3 Å². The molecule has 2 atom stereocenters. The molecule has 1 aromatic rings. The molecule has 0 aromatic heterocycles. The minimum Gasteiger partial charge on any atom is -0.378 e. The average molecular weight is 302 g/mol. The zero-order valence-electron chi connectivity index (χ0n) is 13.1. The van der Waals surface area contributed by atoms with Gasteiger partial charge in [-0.1, -0.05) is 29.8 Å². The van der Waals surface area contributed by atoms with Crippen LogP contribution in [0, 0.1) is 12.8 Å². The topological polar surface area (TPSA) is 49.9 Å². The number of morpholine rings is 1. The molecule has 5 heteroatoms. The van der Waals surface area contributed by atoms with Gasteiger partial charge in [0.05, 0.1) is 25.2 Å². The maximum absolute atomic E-state index is 12.8. The van der Waals surface area contributed by atoms with Gasteiger partial charge < -0.3 is 14.5 Å². The van der Waals surface area contributed by atoms with Gasteiger partial charge in [0, 0.05) is 26.6 Å². The highest BCUT2D eigenvalue weighted by atomic mass is 16.5. The Hall–Kier alpha value is -1.88. The van der Waals surface area contributed by atoms with Crippen LogP contribution < -0.4 is 0 Å². The van der Waals surface area contributed by atoms with E-state index < -0.39 is 0 Å². The van der Waals surface area contributed by atoms with Gasteiger partial charge in [-0.2, -0.15) is 0 Å². The van der Waals surface area contributed by atoms with E-state index in [1.54, 1.807) is 11.9 Å². The third-order valence-corrected chi connectivity index (χ3v) is 4.65. The molecule has 0 spiro atoms. The first-order chi connectivity index (χ1) is 10.6. The molecule has 3 rings (SSSR count). The zero-order chi connectivity index (χ0) is 15.7. The molecule has 0 bridgehead atoms. The van der Waals surface area contributed by atoms with Gasteiger partial charge in [0.1, 0.15) is 0 Å². The third-order valence-electron chi connectivity index (χ3n) is 4.65. The van der Waals surface area contributed by atoms with Gasteiger partial charge in [0.25, 0.3) is 0 Å². The summed E-state index contributed by atoms with van der Waals surface area (Å²) >= 11 is 0. The van der Waals surface area contributed by atoms with Gasteiger partial charge in [0.15, 0.2) is 0 Å². The molecule has 2 fully saturated rings. The first kappa shape index (κ1) is 15.0. The summed E-state index contributed by atoms with van der Waals surface area (Å²) in [5.41, 5.74) is 2.21. The molecule has 2 saturated heterocycles. The number of amides is 2. The fourth-order valence-electron chi connectivity index (χ4n) is 3.33. The number of carbonyl (C=O) groups excluding carboxylic acids is 2. The summed E-state index contributed by atoms with van der Waals surface area (Å²) in [6, 6.07) is 7.94. The smallest absolute Gasteiger partial charge is 0.228 e. The van der Waals surface area contributed by atoms with Crippen molar-refractivity contribution in [2.24, 2.45) is 5.92 Å². The number of hydrogen-bond donors (Lipinski definition) is 0. The van der Waals surface area contributed by atoms with Crippen LogP contribution >= 0.6 is 0 Å². The lowest BCUT2D eigenvalue weighted by molar-refractivity contribution is -0.140. The summed E-state index contributed by atoms with van der Waals surface area (Å²) in [7, 11) is 1.79. The average Bonchev–Trinajstić information content (AvgIpc) is 2.84. The van der Waals surface area contributed by atoms with E-state index in [1.165, 1.54) is 5.56 Å². The predicted octanol–water partition coefficient (Wildman–Crippen LogP) is 1.37. The number of rotatable bonds is 2. The van der Waals surface area contributed by atoms with Crippen LogP contribution in [0.25, 0.3) is 0 Å². The summed E-state index contributed by atoms with van der Waals surface area (Å²) < 4.78 is 5.31. The first-order valence-corrected chi connectivity index (χ1v) is 7.76. The summed E-state index contributed by atoms with van der Waals surface area (Å²) in [4.78, 5) is 28.5. The Labute approximate surface area is 130 Å². The number of carbonyl (C=O) groups is 2. The van der Waals surface area contributed by atoms with Crippen molar-refractivity contribution >= 4 is 11.8 Å². The van der Waals surface area contributed by atoms with Crippen molar-refractivity contribution in [1.29, 1.82) is 0 Å². The Bertz CT molecular complexity index is 564. The standard InChI is InChI=1S/C17H22N2O3/c1-12-3-5-13(6-4-12)16-14(11-15(20)18(16)2)17(21)19-7-9-22-10-8-19/h3-6,14,16H,7-11H2,1-2H3.